The van der Waals surface area contributed by atoms with Crippen LogP contribution in [-0.4, -0.2) is 23.9 Å². The molecule has 3 heterocycles. The van der Waals surface area contributed by atoms with Gasteiger partial charge >= 0.3 is 5.69 Å². The summed E-state index contributed by atoms with van der Waals surface area (Å²) in [6.45, 7) is 0. The van der Waals surface area contributed by atoms with Gasteiger partial charge in [0.15, 0.2) is 0 Å². The molecule has 0 radical (unpaired) electrons. The van der Waals surface area contributed by atoms with Crippen LogP contribution in [0, 0.1) is 0 Å². The molecule has 0 fully saturated rings. The average molecular weight is 501 g/mol. The molecule has 0 bridgehead atoms. The van der Waals surface area contributed by atoms with Gasteiger partial charge < -0.3 is 20.1 Å². The number of anilines is 1. The highest BCUT2D eigenvalue weighted by Gasteiger charge is 2.35. The Morgan fingerprint density at radius 3 is 2.36 bits per heavy atom. The van der Waals surface area contributed by atoms with Crippen LogP contribution in [0.25, 0.3) is 27.8 Å². The fourth-order valence-corrected chi connectivity index (χ4v) is 5.23. The monoisotopic (exact) mass is 500 g/mol. The summed E-state index contributed by atoms with van der Waals surface area (Å²) in [5, 5.41) is 25.1. The minimum Gasteiger partial charge on any atom is -0.508 e. The molecule has 0 saturated heterocycles. The summed E-state index contributed by atoms with van der Waals surface area (Å²) in [5.74, 6) is -0.189. The molecule has 6 rings (SSSR count). The van der Waals surface area contributed by atoms with Gasteiger partial charge in [0.2, 0.25) is 0 Å². The van der Waals surface area contributed by atoms with Crippen LogP contribution >= 0.6 is 11.6 Å². The summed E-state index contributed by atoms with van der Waals surface area (Å²) in [6.07, 6.45) is 0. The van der Waals surface area contributed by atoms with Crippen molar-refractivity contribution in [2.75, 3.05) is 5.32 Å². The third-order valence-corrected chi connectivity index (χ3v) is 7.02. The van der Waals surface area contributed by atoms with Crippen LogP contribution in [0.15, 0.2) is 76.3 Å². The third-order valence-electron chi connectivity index (χ3n) is 6.77. The minimum atomic E-state index is -0.637. The maximum absolute atomic E-state index is 13.7. The molecule has 8 nitrogen and oxygen atoms in total. The van der Waals surface area contributed by atoms with Crippen molar-refractivity contribution in [1.29, 1.82) is 0 Å². The number of nitrogens with one attached hydrogen (secondary N) is 1. The van der Waals surface area contributed by atoms with Crippen molar-refractivity contribution < 1.29 is 10.2 Å². The highest BCUT2D eigenvalue weighted by atomic mass is 35.5. The second-order valence-corrected chi connectivity index (χ2v) is 9.28. The van der Waals surface area contributed by atoms with Gasteiger partial charge in [-0.15, -0.1) is 0 Å². The average Bonchev–Trinajstić information content (AvgIpc) is 3.23. The normalized spacial score (nSPS) is 14.4. The summed E-state index contributed by atoms with van der Waals surface area (Å²) in [4.78, 5) is 26.7. The Balaban J connectivity index is 1.86. The van der Waals surface area contributed by atoms with Crippen LogP contribution in [-0.2, 0) is 14.1 Å². The van der Waals surface area contributed by atoms with Crippen molar-refractivity contribution in [2.45, 2.75) is 6.04 Å². The predicted octanol–water partition coefficient (Wildman–Crippen LogP) is 4.27. The number of rotatable bonds is 2. The molecule has 0 saturated carbocycles. The molecule has 36 heavy (non-hydrogen) atoms. The zero-order valence-corrected chi connectivity index (χ0v) is 20.1. The van der Waals surface area contributed by atoms with Gasteiger partial charge in [0.05, 0.1) is 39.7 Å². The molecular formula is C27H21ClN4O4. The molecule has 0 aliphatic carbocycles. The molecule has 2 aromatic heterocycles. The fourth-order valence-electron chi connectivity index (χ4n) is 5.11. The zero-order valence-electron chi connectivity index (χ0n) is 19.4. The molecule has 9 heteroatoms. The molecule has 3 N–H and O–H groups in total. The van der Waals surface area contributed by atoms with E-state index >= 15 is 0 Å². The van der Waals surface area contributed by atoms with Crippen molar-refractivity contribution in [2.24, 2.45) is 14.1 Å². The van der Waals surface area contributed by atoms with Crippen molar-refractivity contribution in [3.05, 3.63) is 104 Å². The Morgan fingerprint density at radius 2 is 1.64 bits per heavy atom. The van der Waals surface area contributed by atoms with Crippen molar-refractivity contribution in [1.82, 2.24) is 13.7 Å². The number of hydrogen-bond acceptors (Lipinski definition) is 5. The van der Waals surface area contributed by atoms with E-state index in [-0.39, 0.29) is 11.5 Å². The van der Waals surface area contributed by atoms with E-state index in [0.29, 0.717) is 32.9 Å². The third kappa shape index (κ3) is 3.01. The zero-order chi connectivity index (χ0) is 25.3. The first kappa shape index (κ1) is 22.1. The van der Waals surface area contributed by atoms with E-state index in [1.54, 1.807) is 25.2 Å². The second kappa shape index (κ2) is 7.79. The quantitative estimate of drug-likeness (QED) is 0.336. The Hall–Kier alpha value is -4.43. The Bertz CT molecular complexity index is 1820. The van der Waals surface area contributed by atoms with Gasteiger partial charge in [-0.2, -0.15) is 0 Å². The summed E-state index contributed by atoms with van der Waals surface area (Å²) < 4.78 is 4.53. The van der Waals surface area contributed by atoms with Crippen molar-refractivity contribution >= 4 is 28.2 Å². The first-order chi connectivity index (χ1) is 17.3. The molecule has 0 spiro atoms. The number of fused-ring (bicyclic) bond motifs is 5. The number of hydrogen-bond donors (Lipinski definition) is 3. The predicted molar refractivity (Wildman–Crippen MR) is 139 cm³/mol. The Kier molecular flexibility index (Phi) is 4.77. The summed E-state index contributed by atoms with van der Waals surface area (Å²) in [7, 11) is 3.09. The Morgan fingerprint density at radius 1 is 0.917 bits per heavy atom. The number of nitrogens with zero attached hydrogens (tertiary/aromatic N) is 3. The highest BCUT2D eigenvalue weighted by Crippen LogP contribution is 2.47. The Labute approximate surface area is 209 Å². The summed E-state index contributed by atoms with van der Waals surface area (Å²) in [6, 6.07) is 18.6. The van der Waals surface area contributed by atoms with Gasteiger partial charge in [0.1, 0.15) is 11.5 Å². The number of para-hydroxylation sites is 2. The first-order valence-corrected chi connectivity index (χ1v) is 11.6. The first-order valence-electron chi connectivity index (χ1n) is 11.3. The number of phenolic OH excluding ortho intramolecular Hbond substituents is 2. The minimum absolute atomic E-state index is 0.0733. The maximum atomic E-state index is 13.7. The van der Waals surface area contributed by atoms with Crippen LogP contribution < -0.4 is 16.6 Å². The largest absolute Gasteiger partial charge is 0.508 e. The maximum Gasteiger partial charge on any atom is 0.331 e. The van der Waals surface area contributed by atoms with Gasteiger partial charge in [0.25, 0.3) is 5.56 Å². The number of aromatic nitrogens is 3. The number of halogens is 1. The second-order valence-electron chi connectivity index (χ2n) is 8.84. The van der Waals surface area contributed by atoms with Gasteiger partial charge in [0, 0.05) is 30.7 Å². The lowest BCUT2D eigenvalue weighted by Crippen LogP contribution is -2.37. The van der Waals surface area contributed by atoms with Gasteiger partial charge in [-0.25, -0.2) is 4.79 Å². The van der Waals surface area contributed by atoms with E-state index in [9.17, 15) is 19.8 Å². The SMILES string of the molecule is Cn1c(=O)c2c(-c3ccc(Cl)cc3)n3c(c2n(C)c1=O)C(c1ccc(O)cc1O)Nc1ccccc1-3. The number of aromatic hydroxyl groups is 2. The van der Waals surface area contributed by atoms with Crippen molar-refractivity contribution in [3.8, 4) is 28.4 Å². The number of benzene rings is 3. The topological polar surface area (TPSA) is 101 Å². The van der Waals surface area contributed by atoms with Crippen LogP contribution in [0.4, 0.5) is 5.69 Å². The van der Waals surface area contributed by atoms with Gasteiger partial charge in [-0.05, 0) is 42.0 Å². The van der Waals surface area contributed by atoms with Crippen LogP contribution in [0.1, 0.15) is 17.3 Å². The molecule has 3 aromatic carbocycles. The molecule has 5 aromatic rings. The summed E-state index contributed by atoms with van der Waals surface area (Å²) in [5.41, 5.74) is 3.60. The number of aryl methyl sites for hydroxylation is 1. The van der Waals surface area contributed by atoms with Crippen LogP contribution in [0.2, 0.25) is 5.02 Å². The van der Waals surface area contributed by atoms with E-state index in [1.807, 2.05) is 41.0 Å². The van der Waals surface area contributed by atoms with Crippen molar-refractivity contribution in [3.63, 3.8) is 0 Å². The smallest absolute Gasteiger partial charge is 0.331 e. The lowest BCUT2D eigenvalue weighted by Gasteiger charge is -2.31. The molecule has 180 valence electrons. The van der Waals surface area contributed by atoms with Crippen LogP contribution in [0.3, 0.4) is 0 Å². The molecule has 1 unspecified atom stereocenters. The van der Waals surface area contributed by atoms with E-state index in [2.05, 4.69) is 5.32 Å². The van der Waals surface area contributed by atoms with E-state index in [1.165, 1.54) is 23.7 Å². The molecule has 1 aliphatic rings. The standard InChI is InChI=1S/C27H21ClN4O4/c1-30-24-21(26(35)31(2)27(30)36)23(14-7-9-15(28)10-8-14)32-19-6-4-3-5-18(19)29-22(25(24)32)17-12-11-16(33)13-20(17)34/h3-13,22,29,33-34H,1-2H3. The highest BCUT2D eigenvalue weighted by molar-refractivity contribution is 6.30. The summed E-state index contributed by atoms with van der Waals surface area (Å²) >= 11 is 6.18. The van der Waals surface area contributed by atoms with Gasteiger partial charge in [-0.3, -0.25) is 13.9 Å². The van der Waals surface area contributed by atoms with Gasteiger partial charge in [-0.1, -0.05) is 35.9 Å². The van der Waals surface area contributed by atoms with E-state index in [4.69, 9.17) is 11.6 Å². The van der Waals surface area contributed by atoms with E-state index < -0.39 is 17.3 Å². The molecule has 1 aliphatic heterocycles. The number of phenols is 2. The molecular weight excluding hydrogens is 480 g/mol. The molecule has 1 atom stereocenters. The van der Waals surface area contributed by atoms with Crippen LogP contribution in [0.5, 0.6) is 11.5 Å². The lowest BCUT2D eigenvalue weighted by molar-refractivity contribution is 0.444. The van der Waals surface area contributed by atoms with E-state index in [0.717, 1.165) is 21.5 Å². The fraction of sp³-hybridized carbons (Fsp3) is 0.111. The lowest BCUT2D eigenvalue weighted by atomic mass is 9.98. The molecule has 0 amide bonds.